The molecule has 3 heterocycles. The van der Waals surface area contributed by atoms with Crippen molar-refractivity contribution in [1.82, 2.24) is 30.3 Å². The zero-order chi connectivity index (χ0) is 20.6. The predicted molar refractivity (Wildman–Crippen MR) is 96.8 cm³/mol. The minimum absolute atomic E-state index is 0.204. The maximum Gasteiger partial charge on any atom is 0.417 e. The SMILES string of the molecule is O=C(Cc1cnc(-n2nnc3c2CCNC3)cn1)c1cccc(C(F)(F)F)c1Cl. The molecule has 7 nitrogen and oxygen atoms in total. The smallest absolute Gasteiger partial charge is 0.311 e. The Hall–Kier alpha value is -2.85. The van der Waals surface area contributed by atoms with Crippen LogP contribution in [0.5, 0.6) is 0 Å². The summed E-state index contributed by atoms with van der Waals surface area (Å²) in [6.45, 7) is 1.44. The van der Waals surface area contributed by atoms with E-state index in [9.17, 15) is 18.0 Å². The number of hydrogen-bond acceptors (Lipinski definition) is 6. The Kier molecular flexibility index (Phi) is 5.05. The number of aromatic nitrogens is 5. The van der Waals surface area contributed by atoms with Crippen LogP contribution in [0, 0.1) is 0 Å². The Labute approximate surface area is 167 Å². The number of carbonyl (C=O) groups is 1. The lowest BCUT2D eigenvalue weighted by Crippen LogP contribution is -2.25. The highest BCUT2D eigenvalue weighted by atomic mass is 35.5. The molecule has 1 aromatic carbocycles. The summed E-state index contributed by atoms with van der Waals surface area (Å²) in [7, 11) is 0. The lowest BCUT2D eigenvalue weighted by atomic mass is 10.0. The van der Waals surface area contributed by atoms with Gasteiger partial charge in [0.15, 0.2) is 11.6 Å². The van der Waals surface area contributed by atoms with E-state index in [2.05, 4.69) is 25.6 Å². The van der Waals surface area contributed by atoms with Crippen LogP contribution in [-0.2, 0) is 25.6 Å². The third-order valence-electron chi connectivity index (χ3n) is 4.53. The molecular weight excluding hydrogens is 409 g/mol. The molecule has 0 saturated heterocycles. The molecule has 1 N–H and O–H groups in total. The van der Waals surface area contributed by atoms with Crippen LogP contribution in [0.4, 0.5) is 13.2 Å². The van der Waals surface area contributed by atoms with E-state index in [-0.39, 0.29) is 12.0 Å². The first-order valence-electron chi connectivity index (χ1n) is 8.69. The van der Waals surface area contributed by atoms with Crippen molar-refractivity contribution in [1.29, 1.82) is 0 Å². The van der Waals surface area contributed by atoms with Crippen molar-refractivity contribution in [2.75, 3.05) is 6.54 Å². The topological polar surface area (TPSA) is 85.6 Å². The van der Waals surface area contributed by atoms with Crippen molar-refractivity contribution in [3.63, 3.8) is 0 Å². The molecule has 0 atom stereocenters. The number of Topliss-reactive ketones (excluding diaryl/α,β-unsaturated/α-hetero) is 1. The first-order valence-corrected chi connectivity index (χ1v) is 9.07. The number of nitrogens with one attached hydrogen (secondary N) is 1. The Balaban J connectivity index is 1.54. The third kappa shape index (κ3) is 3.85. The van der Waals surface area contributed by atoms with Gasteiger partial charge in [0.05, 0.1) is 40.8 Å². The number of hydrogen-bond donors (Lipinski definition) is 1. The van der Waals surface area contributed by atoms with E-state index in [1.807, 2.05) is 0 Å². The quantitative estimate of drug-likeness (QED) is 0.651. The number of nitrogens with zero attached hydrogens (tertiary/aromatic N) is 5. The summed E-state index contributed by atoms with van der Waals surface area (Å²) >= 11 is 5.81. The predicted octanol–water partition coefficient (Wildman–Crippen LogP) is 2.80. The Morgan fingerprint density at radius 2 is 2.07 bits per heavy atom. The molecule has 1 aliphatic rings. The van der Waals surface area contributed by atoms with Gasteiger partial charge in [0.25, 0.3) is 0 Å². The minimum atomic E-state index is -4.64. The normalized spacial score (nSPS) is 13.9. The highest BCUT2D eigenvalue weighted by Crippen LogP contribution is 2.36. The summed E-state index contributed by atoms with van der Waals surface area (Å²) in [6, 6.07) is 3.25. The van der Waals surface area contributed by atoms with E-state index in [1.165, 1.54) is 18.5 Å². The van der Waals surface area contributed by atoms with Gasteiger partial charge in [-0.2, -0.15) is 17.9 Å². The Morgan fingerprint density at radius 3 is 2.79 bits per heavy atom. The van der Waals surface area contributed by atoms with Crippen molar-refractivity contribution >= 4 is 17.4 Å². The van der Waals surface area contributed by atoms with Crippen LogP contribution in [0.25, 0.3) is 5.82 Å². The lowest BCUT2D eigenvalue weighted by molar-refractivity contribution is -0.137. The van der Waals surface area contributed by atoms with Crippen LogP contribution >= 0.6 is 11.6 Å². The summed E-state index contributed by atoms with van der Waals surface area (Å²) in [6.07, 6.45) is -1.27. The first-order chi connectivity index (χ1) is 13.8. The van der Waals surface area contributed by atoms with Gasteiger partial charge in [-0.3, -0.25) is 9.78 Å². The number of fused-ring (bicyclic) bond motifs is 1. The van der Waals surface area contributed by atoms with Crippen molar-refractivity contribution in [2.45, 2.75) is 25.6 Å². The number of alkyl halides is 3. The molecule has 11 heteroatoms. The molecule has 0 amide bonds. The molecule has 0 aliphatic carbocycles. The number of halogens is 4. The van der Waals surface area contributed by atoms with Crippen LogP contribution in [0.3, 0.4) is 0 Å². The van der Waals surface area contributed by atoms with E-state index in [1.54, 1.807) is 4.68 Å². The fraction of sp³-hybridized carbons (Fsp3) is 0.278. The number of benzene rings is 1. The fourth-order valence-electron chi connectivity index (χ4n) is 3.09. The van der Waals surface area contributed by atoms with Gasteiger partial charge >= 0.3 is 6.18 Å². The molecule has 2 aromatic heterocycles. The monoisotopic (exact) mass is 422 g/mol. The molecule has 0 spiro atoms. The molecule has 4 rings (SSSR count). The summed E-state index contributed by atoms with van der Waals surface area (Å²) in [5, 5.41) is 10.8. The molecule has 3 aromatic rings. The van der Waals surface area contributed by atoms with Crippen LogP contribution in [0.2, 0.25) is 5.02 Å². The van der Waals surface area contributed by atoms with E-state index < -0.39 is 22.5 Å². The first kappa shape index (κ1) is 19.5. The molecule has 0 radical (unpaired) electrons. The van der Waals surface area contributed by atoms with Gasteiger partial charge in [-0.05, 0) is 12.1 Å². The van der Waals surface area contributed by atoms with Gasteiger partial charge in [0, 0.05) is 25.1 Å². The van der Waals surface area contributed by atoms with E-state index in [0.717, 1.165) is 36.5 Å². The number of carbonyl (C=O) groups excluding carboxylic acids is 1. The average molecular weight is 423 g/mol. The molecule has 0 bridgehead atoms. The Bertz CT molecular complexity index is 1060. The summed E-state index contributed by atoms with van der Waals surface area (Å²) in [5.41, 5.74) is 0.846. The Morgan fingerprint density at radius 1 is 1.24 bits per heavy atom. The zero-order valence-electron chi connectivity index (χ0n) is 14.9. The third-order valence-corrected chi connectivity index (χ3v) is 4.94. The second kappa shape index (κ2) is 7.53. The van der Waals surface area contributed by atoms with Crippen LogP contribution in [0.1, 0.15) is 33.0 Å². The summed E-state index contributed by atoms with van der Waals surface area (Å²) < 4.78 is 40.5. The maximum absolute atomic E-state index is 13.0. The second-order valence-corrected chi connectivity index (χ2v) is 6.83. The highest BCUT2D eigenvalue weighted by molar-refractivity contribution is 6.34. The molecular formula is C18H14ClF3N6O. The van der Waals surface area contributed by atoms with E-state index >= 15 is 0 Å². The van der Waals surface area contributed by atoms with Crippen LogP contribution in [0.15, 0.2) is 30.6 Å². The average Bonchev–Trinajstić information content (AvgIpc) is 3.12. The van der Waals surface area contributed by atoms with Crippen molar-refractivity contribution < 1.29 is 18.0 Å². The van der Waals surface area contributed by atoms with E-state index in [4.69, 9.17) is 11.6 Å². The van der Waals surface area contributed by atoms with Gasteiger partial charge < -0.3 is 5.32 Å². The summed E-state index contributed by atoms with van der Waals surface area (Å²) in [4.78, 5) is 20.9. The maximum atomic E-state index is 13.0. The fourth-order valence-corrected chi connectivity index (χ4v) is 3.43. The standard InChI is InChI=1S/C18H14ClF3N6O/c19-17-11(2-1-3-12(17)18(20,21)22)15(29)6-10-7-25-16(9-24-10)28-14-4-5-23-8-13(14)26-27-28/h1-3,7,9,23H,4-6,8H2. The van der Waals surface area contributed by atoms with Gasteiger partial charge in [0.1, 0.15) is 5.69 Å². The molecule has 0 saturated carbocycles. The zero-order valence-corrected chi connectivity index (χ0v) is 15.6. The molecule has 150 valence electrons. The molecule has 0 fully saturated rings. The van der Waals surface area contributed by atoms with Crippen molar-refractivity contribution in [3.05, 3.63) is 63.8 Å². The van der Waals surface area contributed by atoms with Gasteiger partial charge in [-0.1, -0.05) is 22.9 Å². The van der Waals surface area contributed by atoms with E-state index in [0.29, 0.717) is 18.1 Å². The molecule has 1 aliphatic heterocycles. The highest BCUT2D eigenvalue weighted by Gasteiger charge is 2.34. The molecule has 29 heavy (non-hydrogen) atoms. The van der Waals surface area contributed by atoms with Gasteiger partial charge in [-0.15, -0.1) is 5.10 Å². The second-order valence-electron chi connectivity index (χ2n) is 6.45. The van der Waals surface area contributed by atoms with Crippen molar-refractivity contribution in [2.24, 2.45) is 0 Å². The number of rotatable bonds is 4. The van der Waals surface area contributed by atoms with Gasteiger partial charge in [0.2, 0.25) is 0 Å². The van der Waals surface area contributed by atoms with Crippen LogP contribution < -0.4 is 5.32 Å². The minimum Gasteiger partial charge on any atom is -0.311 e. The lowest BCUT2D eigenvalue weighted by Gasteiger charge is -2.13. The van der Waals surface area contributed by atoms with Crippen LogP contribution in [-0.4, -0.2) is 37.3 Å². The summed E-state index contributed by atoms with van der Waals surface area (Å²) in [5.74, 6) is -0.124. The largest absolute Gasteiger partial charge is 0.417 e. The van der Waals surface area contributed by atoms with Gasteiger partial charge in [-0.25, -0.2) is 4.98 Å². The van der Waals surface area contributed by atoms with Crippen molar-refractivity contribution in [3.8, 4) is 5.82 Å². The molecule has 0 unspecified atom stereocenters. The number of ketones is 1.